The zero-order valence-electron chi connectivity index (χ0n) is 10.5. The number of pyridine rings is 1. The van der Waals surface area contributed by atoms with Crippen LogP contribution < -0.4 is 10.9 Å². The summed E-state index contributed by atoms with van der Waals surface area (Å²) < 4.78 is 0. The number of thioether (sulfide) groups is 1. The summed E-state index contributed by atoms with van der Waals surface area (Å²) in [7, 11) is 0. The lowest BCUT2D eigenvalue weighted by Gasteiger charge is -2.28. The Balaban J connectivity index is 2.14. The number of H-pyrrole nitrogens is 1. The first-order chi connectivity index (χ1) is 8.20. The van der Waals surface area contributed by atoms with Crippen molar-refractivity contribution in [3.05, 3.63) is 33.7 Å². The van der Waals surface area contributed by atoms with E-state index in [4.69, 9.17) is 0 Å². The molecule has 0 saturated heterocycles. The molecule has 0 aromatic carbocycles. The second-order valence-electron chi connectivity index (χ2n) is 4.72. The molecular formula is C13H20N2OS. The van der Waals surface area contributed by atoms with Crippen molar-refractivity contribution in [3.8, 4) is 0 Å². The second-order valence-corrected chi connectivity index (χ2v) is 5.64. The van der Waals surface area contributed by atoms with Crippen LogP contribution in [0.15, 0.2) is 16.9 Å². The van der Waals surface area contributed by atoms with Gasteiger partial charge < -0.3 is 10.3 Å². The van der Waals surface area contributed by atoms with Gasteiger partial charge in [-0.3, -0.25) is 4.79 Å². The van der Waals surface area contributed by atoms with Crippen LogP contribution >= 0.6 is 11.8 Å². The maximum Gasteiger partial charge on any atom is 0.248 e. The van der Waals surface area contributed by atoms with E-state index < -0.39 is 0 Å². The van der Waals surface area contributed by atoms with E-state index in [1.54, 1.807) is 6.07 Å². The minimum Gasteiger partial charge on any atom is -0.326 e. The summed E-state index contributed by atoms with van der Waals surface area (Å²) in [6, 6.07) is 4.53. The molecule has 2 unspecified atom stereocenters. The number of rotatable bonds is 4. The Morgan fingerprint density at radius 3 is 3.18 bits per heavy atom. The van der Waals surface area contributed by atoms with Crippen molar-refractivity contribution in [3.63, 3.8) is 0 Å². The Morgan fingerprint density at radius 2 is 2.41 bits per heavy atom. The lowest BCUT2D eigenvalue weighted by Crippen LogP contribution is -2.35. The zero-order chi connectivity index (χ0) is 12.3. The Hall–Kier alpha value is -0.740. The van der Waals surface area contributed by atoms with E-state index in [0.29, 0.717) is 12.1 Å². The van der Waals surface area contributed by atoms with Gasteiger partial charge in [-0.25, -0.2) is 0 Å². The Labute approximate surface area is 106 Å². The molecular weight excluding hydrogens is 232 g/mol. The highest BCUT2D eigenvalue weighted by Crippen LogP contribution is 2.27. The first-order valence-corrected chi connectivity index (χ1v) is 7.57. The van der Waals surface area contributed by atoms with Crippen molar-refractivity contribution in [2.45, 2.75) is 38.3 Å². The van der Waals surface area contributed by atoms with E-state index in [0.717, 1.165) is 30.7 Å². The molecule has 2 atom stereocenters. The van der Waals surface area contributed by atoms with Gasteiger partial charge in [0.2, 0.25) is 5.56 Å². The van der Waals surface area contributed by atoms with Gasteiger partial charge in [0.25, 0.3) is 0 Å². The van der Waals surface area contributed by atoms with Gasteiger partial charge in [-0.2, -0.15) is 11.8 Å². The molecule has 0 bridgehead atoms. The summed E-state index contributed by atoms with van der Waals surface area (Å²) in [5.74, 6) is 1.12. The highest BCUT2D eigenvalue weighted by Gasteiger charge is 2.21. The normalized spacial score (nSPS) is 20.9. The molecule has 1 aromatic rings. The molecule has 0 saturated carbocycles. The fourth-order valence-corrected chi connectivity index (χ4v) is 3.11. The van der Waals surface area contributed by atoms with Gasteiger partial charge in [0, 0.05) is 29.6 Å². The van der Waals surface area contributed by atoms with Crippen molar-refractivity contribution in [1.29, 1.82) is 0 Å². The topological polar surface area (TPSA) is 44.9 Å². The predicted octanol–water partition coefficient (Wildman–Crippen LogP) is 2.09. The summed E-state index contributed by atoms with van der Waals surface area (Å²) in [6.07, 6.45) is 5.44. The summed E-state index contributed by atoms with van der Waals surface area (Å²) in [6.45, 7) is 2.22. The van der Waals surface area contributed by atoms with Gasteiger partial charge in [-0.05, 0) is 38.0 Å². The molecule has 1 aliphatic carbocycles. The van der Waals surface area contributed by atoms with Crippen LogP contribution in [0.5, 0.6) is 0 Å². The lowest BCUT2D eigenvalue weighted by atomic mass is 9.91. The number of aromatic amines is 1. The largest absolute Gasteiger partial charge is 0.326 e. The zero-order valence-corrected chi connectivity index (χ0v) is 11.3. The molecule has 0 fully saturated rings. The monoisotopic (exact) mass is 252 g/mol. The molecule has 2 N–H and O–H groups in total. The fraction of sp³-hybridized carbons (Fsp3) is 0.615. The van der Waals surface area contributed by atoms with Crippen LogP contribution in [0, 0.1) is 0 Å². The third-order valence-electron chi connectivity index (χ3n) is 3.23. The SMILES string of the molecule is CSCC(C)NC1CCCc2[nH]c(=O)ccc21. The molecule has 0 radical (unpaired) electrons. The Kier molecular flexibility index (Phi) is 4.29. The number of aryl methyl sites for hydroxylation is 1. The van der Waals surface area contributed by atoms with Crippen molar-refractivity contribution in [2.75, 3.05) is 12.0 Å². The second kappa shape index (κ2) is 5.74. The van der Waals surface area contributed by atoms with Crippen LogP contribution in [0.1, 0.15) is 37.1 Å². The fourth-order valence-electron chi connectivity index (χ4n) is 2.52. The number of nitrogens with one attached hydrogen (secondary N) is 2. The first-order valence-electron chi connectivity index (χ1n) is 6.18. The molecule has 2 rings (SSSR count). The minimum absolute atomic E-state index is 0.0153. The molecule has 1 aromatic heterocycles. The Bertz CT molecular complexity index is 430. The van der Waals surface area contributed by atoms with E-state index in [-0.39, 0.29) is 5.56 Å². The van der Waals surface area contributed by atoms with Crippen LogP contribution in [0.2, 0.25) is 0 Å². The maximum atomic E-state index is 11.3. The first kappa shape index (κ1) is 12.7. The molecule has 0 spiro atoms. The molecule has 1 heterocycles. The smallest absolute Gasteiger partial charge is 0.248 e. The minimum atomic E-state index is 0.0153. The molecule has 0 aliphatic heterocycles. The van der Waals surface area contributed by atoms with Crippen molar-refractivity contribution >= 4 is 11.8 Å². The highest BCUT2D eigenvalue weighted by molar-refractivity contribution is 7.98. The van der Waals surface area contributed by atoms with Crippen LogP contribution in [-0.2, 0) is 6.42 Å². The van der Waals surface area contributed by atoms with Gasteiger partial charge in [0.15, 0.2) is 0 Å². The van der Waals surface area contributed by atoms with E-state index in [1.807, 2.05) is 17.8 Å². The lowest BCUT2D eigenvalue weighted by molar-refractivity contribution is 0.422. The summed E-state index contributed by atoms with van der Waals surface area (Å²) >= 11 is 1.86. The number of hydrogen-bond acceptors (Lipinski definition) is 3. The number of aromatic nitrogens is 1. The number of fused-ring (bicyclic) bond motifs is 1. The van der Waals surface area contributed by atoms with Gasteiger partial charge in [-0.1, -0.05) is 6.07 Å². The average Bonchev–Trinajstić information content (AvgIpc) is 2.29. The molecule has 17 heavy (non-hydrogen) atoms. The summed E-state index contributed by atoms with van der Waals surface area (Å²) in [4.78, 5) is 14.3. The molecule has 3 nitrogen and oxygen atoms in total. The van der Waals surface area contributed by atoms with Crippen LogP contribution in [-0.4, -0.2) is 23.0 Å². The van der Waals surface area contributed by atoms with Crippen LogP contribution in [0.25, 0.3) is 0 Å². The average molecular weight is 252 g/mol. The van der Waals surface area contributed by atoms with Crippen LogP contribution in [0.4, 0.5) is 0 Å². The standard InChI is InChI=1S/C13H20N2OS/c1-9(8-17-2)14-11-4-3-5-12-10(11)6-7-13(16)15-12/h6-7,9,11,14H,3-5,8H2,1-2H3,(H,15,16). The van der Waals surface area contributed by atoms with Gasteiger partial charge in [-0.15, -0.1) is 0 Å². The van der Waals surface area contributed by atoms with E-state index >= 15 is 0 Å². The Morgan fingerprint density at radius 1 is 1.59 bits per heavy atom. The van der Waals surface area contributed by atoms with E-state index in [2.05, 4.69) is 23.5 Å². The molecule has 4 heteroatoms. The van der Waals surface area contributed by atoms with Gasteiger partial charge in [0.1, 0.15) is 0 Å². The van der Waals surface area contributed by atoms with Crippen molar-refractivity contribution < 1.29 is 0 Å². The predicted molar refractivity (Wildman–Crippen MR) is 73.7 cm³/mol. The molecule has 0 amide bonds. The van der Waals surface area contributed by atoms with Gasteiger partial charge in [0.05, 0.1) is 0 Å². The van der Waals surface area contributed by atoms with Crippen LogP contribution in [0.3, 0.4) is 0 Å². The third-order valence-corrected chi connectivity index (χ3v) is 4.07. The van der Waals surface area contributed by atoms with Crippen molar-refractivity contribution in [1.82, 2.24) is 10.3 Å². The maximum absolute atomic E-state index is 11.3. The number of hydrogen-bond donors (Lipinski definition) is 2. The molecule has 94 valence electrons. The van der Waals surface area contributed by atoms with E-state index in [1.165, 1.54) is 5.56 Å². The summed E-state index contributed by atoms with van der Waals surface area (Å²) in [5.41, 5.74) is 2.42. The summed E-state index contributed by atoms with van der Waals surface area (Å²) in [5, 5.41) is 3.65. The quantitative estimate of drug-likeness (QED) is 0.862. The van der Waals surface area contributed by atoms with E-state index in [9.17, 15) is 4.79 Å². The van der Waals surface area contributed by atoms with Gasteiger partial charge >= 0.3 is 0 Å². The van der Waals surface area contributed by atoms with Crippen molar-refractivity contribution in [2.24, 2.45) is 0 Å². The third kappa shape index (κ3) is 3.13. The highest BCUT2D eigenvalue weighted by atomic mass is 32.2. The molecule has 1 aliphatic rings.